The quantitative estimate of drug-likeness (QED) is 0.888. The van der Waals surface area contributed by atoms with Crippen molar-refractivity contribution in [2.45, 2.75) is 12.6 Å². The molecule has 1 aromatic rings. The average molecular weight is 291 g/mol. The van der Waals surface area contributed by atoms with E-state index < -0.39 is 0 Å². The van der Waals surface area contributed by atoms with Crippen LogP contribution < -0.4 is 14.8 Å². The minimum Gasteiger partial charge on any atom is -0.486 e. The van der Waals surface area contributed by atoms with Crippen molar-refractivity contribution in [2.24, 2.45) is 0 Å². The summed E-state index contributed by atoms with van der Waals surface area (Å²) in [5.41, 5.74) is 1.24. The first-order chi connectivity index (χ1) is 10.2. The number of rotatable bonds is 4. The number of fused-ring (bicyclic) bond motifs is 1. The van der Waals surface area contributed by atoms with Gasteiger partial charge < -0.3 is 19.7 Å². The number of piperazine rings is 1. The summed E-state index contributed by atoms with van der Waals surface area (Å²) in [6.07, 6.45) is 0. The maximum absolute atomic E-state index is 5.62. The highest BCUT2D eigenvalue weighted by Gasteiger charge is 2.21. The molecule has 1 saturated heterocycles. The van der Waals surface area contributed by atoms with E-state index in [0.717, 1.165) is 44.2 Å². The zero-order chi connectivity index (χ0) is 14.7. The SMILES string of the molecule is CN1CCN(C)C(CNCc2ccc3c(c2)OCCO3)C1. The molecule has 3 rings (SSSR count). The van der Waals surface area contributed by atoms with Gasteiger partial charge >= 0.3 is 0 Å². The second kappa shape index (κ2) is 6.64. The van der Waals surface area contributed by atoms with Crippen molar-refractivity contribution < 1.29 is 9.47 Å². The molecule has 0 spiro atoms. The molecule has 5 nitrogen and oxygen atoms in total. The van der Waals surface area contributed by atoms with E-state index in [-0.39, 0.29) is 0 Å². The molecule has 0 bridgehead atoms. The molecule has 1 fully saturated rings. The van der Waals surface area contributed by atoms with Crippen LogP contribution in [0.25, 0.3) is 0 Å². The smallest absolute Gasteiger partial charge is 0.161 e. The monoisotopic (exact) mass is 291 g/mol. The first-order valence-corrected chi connectivity index (χ1v) is 7.70. The lowest BCUT2D eigenvalue weighted by Gasteiger charge is -2.37. The summed E-state index contributed by atoms with van der Waals surface area (Å²) in [6.45, 7) is 6.60. The van der Waals surface area contributed by atoms with Gasteiger partial charge in [-0.15, -0.1) is 0 Å². The Morgan fingerprint density at radius 2 is 1.95 bits per heavy atom. The maximum atomic E-state index is 5.62. The van der Waals surface area contributed by atoms with Crippen LogP contribution in [0.4, 0.5) is 0 Å². The lowest BCUT2D eigenvalue weighted by Crippen LogP contribution is -2.53. The zero-order valence-electron chi connectivity index (χ0n) is 13.0. The molecular weight excluding hydrogens is 266 g/mol. The molecule has 1 N–H and O–H groups in total. The van der Waals surface area contributed by atoms with Crippen molar-refractivity contribution in [3.63, 3.8) is 0 Å². The van der Waals surface area contributed by atoms with E-state index >= 15 is 0 Å². The van der Waals surface area contributed by atoms with Gasteiger partial charge in [0, 0.05) is 38.8 Å². The zero-order valence-corrected chi connectivity index (χ0v) is 13.0. The summed E-state index contributed by atoms with van der Waals surface area (Å²) < 4.78 is 11.2. The Morgan fingerprint density at radius 3 is 2.81 bits per heavy atom. The van der Waals surface area contributed by atoms with Crippen LogP contribution in [-0.2, 0) is 6.54 Å². The third kappa shape index (κ3) is 3.67. The van der Waals surface area contributed by atoms with Crippen molar-refractivity contribution in [2.75, 3.05) is 53.5 Å². The Bertz CT molecular complexity index is 481. The van der Waals surface area contributed by atoms with Gasteiger partial charge in [0.15, 0.2) is 11.5 Å². The Labute approximate surface area is 126 Å². The van der Waals surface area contributed by atoms with Crippen LogP contribution in [0.3, 0.4) is 0 Å². The lowest BCUT2D eigenvalue weighted by molar-refractivity contribution is 0.113. The van der Waals surface area contributed by atoms with Gasteiger partial charge in [-0.25, -0.2) is 0 Å². The summed E-state index contributed by atoms with van der Waals surface area (Å²) in [6, 6.07) is 6.78. The minimum absolute atomic E-state index is 0.584. The Balaban J connectivity index is 1.51. The van der Waals surface area contributed by atoms with E-state index in [0.29, 0.717) is 19.3 Å². The summed E-state index contributed by atoms with van der Waals surface area (Å²) in [5, 5.41) is 3.56. The summed E-state index contributed by atoms with van der Waals surface area (Å²) in [4.78, 5) is 4.84. The molecule has 2 heterocycles. The van der Waals surface area contributed by atoms with Gasteiger partial charge in [0.2, 0.25) is 0 Å². The second-order valence-electron chi connectivity index (χ2n) is 6.01. The fourth-order valence-corrected chi connectivity index (χ4v) is 2.90. The lowest BCUT2D eigenvalue weighted by atomic mass is 10.1. The highest BCUT2D eigenvalue weighted by atomic mass is 16.6. The molecule has 0 aliphatic carbocycles. The third-order valence-electron chi connectivity index (χ3n) is 4.30. The first-order valence-electron chi connectivity index (χ1n) is 7.70. The highest BCUT2D eigenvalue weighted by Crippen LogP contribution is 2.30. The molecule has 1 aromatic carbocycles. The molecule has 116 valence electrons. The molecule has 2 aliphatic rings. The van der Waals surface area contributed by atoms with E-state index in [1.54, 1.807) is 0 Å². The summed E-state index contributed by atoms with van der Waals surface area (Å²) >= 11 is 0. The molecule has 5 heteroatoms. The topological polar surface area (TPSA) is 37.0 Å². The molecule has 1 atom stereocenters. The van der Waals surface area contributed by atoms with Gasteiger partial charge in [-0.05, 0) is 31.8 Å². The van der Waals surface area contributed by atoms with E-state index in [2.05, 4.69) is 41.3 Å². The van der Waals surface area contributed by atoms with E-state index in [9.17, 15) is 0 Å². The first kappa shape index (κ1) is 14.6. The van der Waals surface area contributed by atoms with Gasteiger partial charge in [0.05, 0.1) is 0 Å². The van der Waals surface area contributed by atoms with Gasteiger partial charge in [0.1, 0.15) is 13.2 Å². The van der Waals surface area contributed by atoms with Crippen LogP contribution in [-0.4, -0.2) is 69.3 Å². The van der Waals surface area contributed by atoms with Crippen LogP contribution >= 0.6 is 0 Å². The third-order valence-corrected chi connectivity index (χ3v) is 4.30. The summed E-state index contributed by atoms with van der Waals surface area (Å²) in [5.74, 6) is 1.73. The van der Waals surface area contributed by atoms with Gasteiger partial charge in [-0.2, -0.15) is 0 Å². The van der Waals surface area contributed by atoms with Crippen molar-refractivity contribution in [3.8, 4) is 11.5 Å². The number of nitrogens with one attached hydrogen (secondary N) is 1. The van der Waals surface area contributed by atoms with Crippen molar-refractivity contribution in [1.82, 2.24) is 15.1 Å². The number of hydrogen-bond donors (Lipinski definition) is 1. The summed E-state index contributed by atoms with van der Waals surface area (Å²) in [7, 11) is 4.41. The predicted octanol–water partition coefficient (Wildman–Crippen LogP) is 0.793. The second-order valence-corrected chi connectivity index (χ2v) is 6.01. The molecule has 0 amide bonds. The normalized spacial score (nSPS) is 23.2. The van der Waals surface area contributed by atoms with E-state index in [1.807, 2.05) is 6.07 Å². The van der Waals surface area contributed by atoms with Gasteiger partial charge in [0.25, 0.3) is 0 Å². The van der Waals surface area contributed by atoms with Crippen LogP contribution in [0.5, 0.6) is 11.5 Å². The number of ether oxygens (including phenoxy) is 2. The standard InChI is InChI=1S/C16H25N3O2/c1-18-5-6-19(2)14(12-18)11-17-10-13-3-4-15-16(9-13)21-8-7-20-15/h3-4,9,14,17H,5-8,10-12H2,1-2H3. The molecule has 1 unspecified atom stereocenters. The Kier molecular flexibility index (Phi) is 4.63. The van der Waals surface area contributed by atoms with Crippen molar-refractivity contribution in [1.29, 1.82) is 0 Å². The number of hydrogen-bond acceptors (Lipinski definition) is 5. The van der Waals surface area contributed by atoms with Gasteiger partial charge in [-0.3, -0.25) is 4.90 Å². The highest BCUT2D eigenvalue weighted by molar-refractivity contribution is 5.43. The Morgan fingerprint density at radius 1 is 1.14 bits per heavy atom. The van der Waals surface area contributed by atoms with Crippen molar-refractivity contribution in [3.05, 3.63) is 23.8 Å². The minimum atomic E-state index is 0.584. The van der Waals surface area contributed by atoms with E-state index in [1.165, 1.54) is 5.56 Å². The average Bonchev–Trinajstić information content (AvgIpc) is 2.50. The molecule has 0 aromatic heterocycles. The van der Waals surface area contributed by atoms with Gasteiger partial charge in [-0.1, -0.05) is 6.07 Å². The molecule has 0 radical (unpaired) electrons. The molecular formula is C16H25N3O2. The number of benzene rings is 1. The number of nitrogens with zero attached hydrogens (tertiary/aromatic N) is 2. The van der Waals surface area contributed by atoms with Crippen LogP contribution in [0.2, 0.25) is 0 Å². The predicted molar refractivity (Wildman–Crippen MR) is 83.1 cm³/mol. The fourth-order valence-electron chi connectivity index (χ4n) is 2.90. The van der Waals surface area contributed by atoms with Crippen LogP contribution in [0, 0.1) is 0 Å². The van der Waals surface area contributed by atoms with E-state index in [4.69, 9.17) is 9.47 Å². The van der Waals surface area contributed by atoms with Crippen LogP contribution in [0.1, 0.15) is 5.56 Å². The van der Waals surface area contributed by atoms with Crippen molar-refractivity contribution >= 4 is 0 Å². The Hall–Kier alpha value is -1.30. The molecule has 2 aliphatic heterocycles. The molecule has 21 heavy (non-hydrogen) atoms. The number of likely N-dealkylation sites (N-methyl/N-ethyl adjacent to an activating group) is 2. The van der Waals surface area contributed by atoms with Crippen LogP contribution in [0.15, 0.2) is 18.2 Å². The fraction of sp³-hybridized carbons (Fsp3) is 0.625. The molecule has 0 saturated carbocycles. The maximum Gasteiger partial charge on any atom is 0.161 e. The largest absolute Gasteiger partial charge is 0.486 e.